The maximum Gasteiger partial charge on any atom is 0.243 e. The highest BCUT2D eigenvalue weighted by molar-refractivity contribution is 7.16. The quantitative estimate of drug-likeness (QED) is 0.860. The molecule has 5 nitrogen and oxygen atoms in total. The average molecular weight is 356 g/mol. The van der Waals surface area contributed by atoms with Crippen LogP contribution in [0.2, 0.25) is 0 Å². The van der Waals surface area contributed by atoms with Gasteiger partial charge in [0, 0.05) is 10.4 Å². The average Bonchev–Trinajstić information content (AvgIpc) is 2.86. The molecule has 1 heterocycles. The van der Waals surface area contributed by atoms with Gasteiger partial charge >= 0.3 is 0 Å². The molecule has 1 aromatic carbocycles. The van der Waals surface area contributed by atoms with Gasteiger partial charge in [0.05, 0.1) is 18.8 Å². The molecule has 0 saturated heterocycles. The molecule has 2 rings (SSSR count). The van der Waals surface area contributed by atoms with E-state index < -0.39 is 6.04 Å². The predicted octanol–water partition coefficient (Wildman–Crippen LogP) is 3.47. The Hall–Kier alpha value is -1.63. The maximum atomic E-state index is 12.0. The molecule has 0 aliphatic carbocycles. The van der Waals surface area contributed by atoms with Gasteiger partial charge in [-0.1, -0.05) is 13.8 Å². The number of rotatable bonds is 5. The van der Waals surface area contributed by atoms with Gasteiger partial charge in [-0.05, 0) is 37.1 Å². The summed E-state index contributed by atoms with van der Waals surface area (Å²) in [6.45, 7) is 5.82. The van der Waals surface area contributed by atoms with Crippen LogP contribution in [0.3, 0.4) is 0 Å². The van der Waals surface area contributed by atoms with Crippen molar-refractivity contribution in [1.82, 2.24) is 4.98 Å². The summed E-state index contributed by atoms with van der Waals surface area (Å²) in [7, 11) is 1.63. The normalized spacial score (nSPS) is 11.7. The number of amides is 1. The van der Waals surface area contributed by atoms with Crippen molar-refractivity contribution in [3.05, 3.63) is 29.1 Å². The Morgan fingerprint density at radius 3 is 2.43 bits per heavy atom. The Bertz CT molecular complexity index is 656. The van der Waals surface area contributed by atoms with E-state index >= 15 is 0 Å². The van der Waals surface area contributed by atoms with Gasteiger partial charge in [0.25, 0.3) is 0 Å². The lowest BCUT2D eigenvalue weighted by Crippen LogP contribution is -2.39. The second-order valence-corrected chi connectivity index (χ2v) is 6.61. The molecule has 0 spiro atoms. The van der Waals surface area contributed by atoms with Crippen LogP contribution in [0.5, 0.6) is 5.75 Å². The Kier molecular flexibility index (Phi) is 7.00. The number of ether oxygens (including phenoxy) is 1. The Labute approximate surface area is 146 Å². The molecule has 0 saturated carbocycles. The van der Waals surface area contributed by atoms with Crippen molar-refractivity contribution in [2.45, 2.75) is 26.8 Å². The van der Waals surface area contributed by atoms with Crippen LogP contribution < -0.4 is 15.8 Å². The summed E-state index contributed by atoms with van der Waals surface area (Å²) in [4.78, 5) is 17.6. The van der Waals surface area contributed by atoms with Gasteiger partial charge in [-0.15, -0.1) is 23.7 Å². The molecule has 2 aromatic rings. The molecule has 23 heavy (non-hydrogen) atoms. The number of halogens is 1. The number of hydrogen-bond donors (Lipinski definition) is 2. The first-order valence-corrected chi connectivity index (χ1v) is 7.92. The highest BCUT2D eigenvalue weighted by Crippen LogP contribution is 2.31. The van der Waals surface area contributed by atoms with E-state index in [0.29, 0.717) is 5.13 Å². The van der Waals surface area contributed by atoms with Crippen LogP contribution in [-0.4, -0.2) is 24.0 Å². The van der Waals surface area contributed by atoms with E-state index in [-0.39, 0.29) is 24.2 Å². The zero-order valence-corrected chi connectivity index (χ0v) is 15.3. The van der Waals surface area contributed by atoms with Gasteiger partial charge in [-0.25, -0.2) is 4.98 Å². The number of nitrogens with two attached hydrogens (primary N) is 1. The second kappa shape index (κ2) is 8.29. The smallest absolute Gasteiger partial charge is 0.243 e. The predicted molar refractivity (Wildman–Crippen MR) is 97.5 cm³/mol. The van der Waals surface area contributed by atoms with Crippen molar-refractivity contribution in [3.8, 4) is 17.0 Å². The lowest BCUT2D eigenvalue weighted by molar-refractivity contribution is -0.118. The first-order valence-electron chi connectivity index (χ1n) is 7.10. The zero-order valence-electron chi connectivity index (χ0n) is 13.6. The largest absolute Gasteiger partial charge is 0.497 e. The zero-order chi connectivity index (χ0) is 16.3. The van der Waals surface area contributed by atoms with Gasteiger partial charge in [0.1, 0.15) is 5.75 Å². The summed E-state index contributed by atoms with van der Waals surface area (Å²) in [6.07, 6.45) is 0. The van der Waals surface area contributed by atoms with E-state index in [9.17, 15) is 4.79 Å². The van der Waals surface area contributed by atoms with E-state index in [2.05, 4.69) is 10.3 Å². The molecule has 1 unspecified atom stereocenters. The van der Waals surface area contributed by atoms with Crippen molar-refractivity contribution in [2.24, 2.45) is 11.7 Å². The highest BCUT2D eigenvalue weighted by Gasteiger charge is 2.19. The molecule has 0 aliphatic rings. The molecular formula is C16H22ClN3O2S. The highest BCUT2D eigenvalue weighted by atomic mass is 35.5. The molecule has 126 valence electrons. The third kappa shape index (κ3) is 4.67. The van der Waals surface area contributed by atoms with Crippen LogP contribution >= 0.6 is 23.7 Å². The van der Waals surface area contributed by atoms with E-state index in [0.717, 1.165) is 21.9 Å². The number of aryl methyl sites for hydroxylation is 1. The molecular weight excluding hydrogens is 334 g/mol. The third-order valence-electron chi connectivity index (χ3n) is 3.41. The lowest BCUT2D eigenvalue weighted by atomic mass is 10.1. The first-order chi connectivity index (χ1) is 10.4. The fourth-order valence-electron chi connectivity index (χ4n) is 1.96. The number of nitrogens with one attached hydrogen (secondary N) is 1. The molecule has 1 amide bonds. The van der Waals surface area contributed by atoms with Crippen LogP contribution in [0.25, 0.3) is 11.3 Å². The van der Waals surface area contributed by atoms with Gasteiger partial charge in [0.15, 0.2) is 5.13 Å². The minimum atomic E-state index is -0.534. The number of nitrogens with zero attached hydrogens (tertiary/aromatic N) is 1. The maximum absolute atomic E-state index is 12.0. The van der Waals surface area contributed by atoms with Crippen molar-refractivity contribution >= 4 is 34.8 Å². The summed E-state index contributed by atoms with van der Waals surface area (Å²) in [5, 5.41) is 3.37. The van der Waals surface area contributed by atoms with Crippen molar-refractivity contribution < 1.29 is 9.53 Å². The second-order valence-electron chi connectivity index (χ2n) is 5.41. The summed E-state index contributed by atoms with van der Waals surface area (Å²) in [5.41, 5.74) is 7.70. The number of carbonyl (C=O) groups excluding carboxylic acids is 1. The molecule has 7 heteroatoms. The van der Waals surface area contributed by atoms with Crippen LogP contribution in [0, 0.1) is 12.8 Å². The van der Waals surface area contributed by atoms with Crippen LogP contribution in [0.4, 0.5) is 5.13 Å². The monoisotopic (exact) mass is 355 g/mol. The van der Waals surface area contributed by atoms with Crippen molar-refractivity contribution in [1.29, 1.82) is 0 Å². The minimum absolute atomic E-state index is 0. The summed E-state index contributed by atoms with van der Waals surface area (Å²) >= 11 is 1.45. The Morgan fingerprint density at radius 1 is 1.30 bits per heavy atom. The molecule has 0 radical (unpaired) electrons. The number of anilines is 1. The number of carbonyl (C=O) groups is 1. The summed E-state index contributed by atoms with van der Waals surface area (Å²) < 4.78 is 5.15. The van der Waals surface area contributed by atoms with Crippen LogP contribution in [-0.2, 0) is 4.79 Å². The Balaban J connectivity index is 0.00000264. The van der Waals surface area contributed by atoms with Gasteiger partial charge in [-0.2, -0.15) is 0 Å². The SMILES string of the molecule is COc1ccc(-c2nc(NC(=O)C(N)C(C)C)sc2C)cc1.Cl. The van der Waals surface area contributed by atoms with Crippen LogP contribution in [0.15, 0.2) is 24.3 Å². The number of benzene rings is 1. The number of hydrogen-bond acceptors (Lipinski definition) is 5. The van der Waals surface area contributed by atoms with E-state index in [1.54, 1.807) is 7.11 Å². The molecule has 0 aliphatic heterocycles. The summed E-state index contributed by atoms with van der Waals surface area (Å²) in [5.74, 6) is 0.681. The first kappa shape index (κ1) is 19.4. The topological polar surface area (TPSA) is 77.2 Å². The van der Waals surface area contributed by atoms with E-state index in [1.165, 1.54) is 11.3 Å². The third-order valence-corrected chi connectivity index (χ3v) is 4.30. The fourth-order valence-corrected chi connectivity index (χ4v) is 2.80. The van der Waals surface area contributed by atoms with E-state index in [1.807, 2.05) is 45.0 Å². The Morgan fingerprint density at radius 2 is 1.91 bits per heavy atom. The molecule has 0 bridgehead atoms. The van der Waals surface area contributed by atoms with Crippen LogP contribution in [0.1, 0.15) is 18.7 Å². The van der Waals surface area contributed by atoms with Crippen molar-refractivity contribution in [3.63, 3.8) is 0 Å². The lowest BCUT2D eigenvalue weighted by Gasteiger charge is -2.13. The molecule has 3 N–H and O–H groups in total. The standard InChI is InChI=1S/C16H21N3O2S.ClH/c1-9(2)13(17)15(20)19-16-18-14(10(3)22-16)11-5-7-12(21-4)8-6-11;/h5-9,13H,17H2,1-4H3,(H,18,19,20);1H. The van der Waals surface area contributed by atoms with Crippen molar-refractivity contribution in [2.75, 3.05) is 12.4 Å². The number of methoxy groups -OCH3 is 1. The number of thiazole rings is 1. The minimum Gasteiger partial charge on any atom is -0.497 e. The molecule has 1 aromatic heterocycles. The van der Waals surface area contributed by atoms with Gasteiger partial charge in [0.2, 0.25) is 5.91 Å². The molecule has 0 fully saturated rings. The summed E-state index contributed by atoms with van der Waals surface area (Å²) in [6, 6.07) is 7.15. The van der Waals surface area contributed by atoms with Gasteiger partial charge in [-0.3, -0.25) is 4.79 Å². The molecule has 1 atom stereocenters. The number of aromatic nitrogens is 1. The van der Waals surface area contributed by atoms with Gasteiger partial charge < -0.3 is 15.8 Å². The fraction of sp³-hybridized carbons (Fsp3) is 0.375. The van der Waals surface area contributed by atoms with E-state index in [4.69, 9.17) is 10.5 Å².